The number of ether oxygens (including phenoxy) is 1. The average molecular weight is 238 g/mol. The Morgan fingerprint density at radius 2 is 2.35 bits per heavy atom. The molecule has 2 atom stereocenters. The van der Waals surface area contributed by atoms with Crippen molar-refractivity contribution in [2.75, 3.05) is 18.9 Å². The van der Waals surface area contributed by atoms with Crippen LogP contribution in [0.25, 0.3) is 0 Å². The van der Waals surface area contributed by atoms with Crippen molar-refractivity contribution in [2.24, 2.45) is 5.92 Å². The Kier molecular flexibility index (Phi) is 3.97. The first-order valence-corrected chi connectivity index (χ1v) is 6.03. The molecule has 1 fully saturated rings. The van der Waals surface area contributed by atoms with Crippen LogP contribution < -0.4 is 11.1 Å². The van der Waals surface area contributed by atoms with E-state index in [2.05, 4.69) is 12.2 Å². The number of benzene rings is 1. The van der Waals surface area contributed by atoms with E-state index in [0.29, 0.717) is 18.6 Å². The molecule has 0 spiro atoms. The fourth-order valence-electron chi connectivity index (χ4n) is 2.17. The minimum Gasteiger partial charge on any atom is -0.396 e. The van der Waals surface area contributed by atoms with Gasteiger partial charge < -0.3 is 15.8 Å². The Hall–Kier alpha value is -1.13. The third-order valence-electron chi connectivity index (χ3n) is 3.40. The van der Waals surface area contributed by atoms with Gasteiger partial charge in [-0.25, -0.2) is 4.39 Å². The van der Waals surface area contributed by atoms with Crippen molar-refractivity contribution in [3.63, 3.8) is 0 Å². The molecule has 0 radical (unpaired) electrons. The highest BCUT2D eigenvalue weighted by Gasteiger charge is 2.23. The second-order valence-electron chi connectivity index (χ2n) is 4.57. The van der Waals surface area contributed by atoms with E-state index in [9.17, 15) is 4.39 Å². The Morgan fingerprint density at radius 1 is 1.53 bits per heavy atom. The molecule has 17 heavy (non-hydrogen) atoms. The number of nitrogens with one attached hydrogen (secondary N) is 1. The van der Waals surface area contributed by atoms with Crippen LogP contribution in [0.4, 0.5) is 10.1 Å². The minimum absolute atomic E-state index is 0.246. The Balaban J connectivity index is 1.84. The number of hydrogen-bond donors (Lipinski definition) is 2. The smallest absolute Gasteiger partial charge is 0.146 e. The second kappa shape index (κ2) is 5.47. The van der Waals surface area contributed by atoms with Gasteiger partial charge in [-0.3, -0.25) is 0 Å². The van der Waals surface area contributed by atoms with Crippen molar-refractivity contribution in [1.82, 2.24) is 5.32 Å². The van der Waals surface area contributed by atoms with E-state index in [-0.39, 0.29) is 11.5 Å². The van der Waals surface area contributed by atoms with E-state index in [1.165, 1.54) is 6.07 Å². The summed E-state index contributed by atoms with van der Waals surface area (Å²) in [5.41, 5.74) is 6.73. The predicted octanol–water partition coefficient (Wildman–Crippen LogP) is 1.92. The van der Waals surface area contributed by atoms with Gasteiger partial charge in [-0.05, 0) is 30.9 Å². The van der Waals surface area contributed by atoms with Gasteiger partial charge in [0.15, 0.2) is 0 Å². The Morgan fingerprint density at radius 3 is 3.06 bits per heavy atom. The SMILES string of the molecule is CC1OCCC1CNCc1cccc(F)c1N. The molecule has 1 aromatic carbocycles. The zero-order valence-electron chi connectivity index (χ0n) is 10.1. The highest BCUT2D eigenvalue weighted by molar-refractivity contribution is 5.47. The summed E-state index contributed by atoms with van der Waals surface area (Å²) in [6.45, 7) is 4.43. The third-order valence-corrected chi connectivity index (χ3v) is 3.40. The minimum atomic E-state index is -0.345. The number of rotatable bonds is 4. The zero-order chi connectivity index (χ0) is 12.3. The summed E-state index contributed by atoms with van der Waals surface area (Å²) in [6, 6.07) is 4.91. The van der Waals surface area contributed by atoms with Crippen LogP contribution in [-0.2, 0) is 11.3 Å². The van der Waals surface area contributed by atoms with E-state index in [0.717, 1.165) is 25.1 Å². The summed E-state index contributed by atoms with van der Waals surface area (Å²) in [4.78, 5) is 0. The summed E-state index contributed by atoms with van der Waals surface area (Å²) >= 11 is 0. The van der Waals surface area contributed by atoms with Crippen molar-refractivity contribution in [1.29, 1.82) is 0 Å². The number of para-hydroxylation sites is 1. The highest BCUT2D eigenvalue weighted by atomic mass is 19.1. The maximum absolute atomic E-state index is 13.2. The number of nitrogen functional groups attached to an aromatic ring is 1. The highest BCUT2D eigenvalue weighted by Crippen LogP contribution is 2.20. The molecule has 1 heterocycles. The first-order valence-electron chi connectivity index (χ1n) is 6.03. The van der Waals surface area contributed by atoms with E-state index < -0.39 is 0 Å². The van der Waals surface area contributed by atoms with Crippen LogP contribution >= 0.6 is 0 Å². The van der Waals surface area contributed by atoms with E-state index in [1.54, 1.807) is 6.07 Å². The molecular formula is C13H19FN2O. The third kappa shape index (κ3) is 2.96. The standard InChI is InChI=1S/C13H19FN2O/c1-9-10(5-6-17-9)7-16-8-11-3-2-4-12(14)13(11)15/h2-4,9-10,16H,5-8,15H2,1H3. The number of hydrogen-bond acceptors (Lipinski definition) is 3. The summed E-state index contributed by atoms with van der Waals surface area (Å²) in [5.74, 6) is 0.201. The van der Waals surface area contributed by atoms with Crippen LogP contribution in [0.2, 0.25) is 0 Å². The largest absolute Gasteiger partial charge is 0.396 e. The lowest BCUT2D eigenvalue weighted by Crippen LogP contribution is -2.27. The first kappa shape index (κ1) is 12.3. The Labute approximate surface area is 101 Å². The van der Waals surface area contributed by atoms with Gasteiger partial charge >= 0.3 is 0 Å². The van der Waals surface area contributed by atoms with Crippen LogP contribution in [0.1, 0.15) is 18.9 Å². The maximum Gasteiger partial charge on any atom is 0.146 e. The van der Waals surface area contributed by atoms with Crippen molar-refractivity contribution >= 4 is 5.69 Å². The molecule has 0 aromatic heterocycles. The number of halogens is 1. The van der Waals surface area contributed by atoms with Crippen LogP contribution in [0.3, 0.4) is 0 Å². The molecule has 3 nitrogen and oxygen atoms in total. The molecular weight excluding hydrogens is 219 g/mol. The van der Waals surface area contributed by atoms with Crippen molar-refractivity contribution in [3.05, 3.63) is 29.6 Å². The van der Waals surface area contributed by atoms with Crippen LogP contribution in [0, 0.1) is 11.7 Å². The van der Waals surface area contributed by atoms with Crippen LogP contribution in [0.15, 0.2) is 18.2 Å². The van der Waals surface area contributed by atoms with Gasteiger partial charge in [-0.1, -0.05) is 12.1 Å². The van der Waals surface area contributed by atoms with Gasteiger partial charge in [-0.15, -0.1) is 0 Å². The fourth-order valence-corrected chi connectivity index (χ4v) is 2.17. The lowest BCUT2D eigenvalue weighted by atomic mass is 10.0. The quantitative estimate of drug-likeness (QED) is 0.788. The number of nitrogens with two attached hydrogens (primary N) is 1. The second-order valence-corrected chi connectivity index (χ2v) is 4.57. The zero-order valence-corrected chi connectivity index (χ0v) is 10.1. The molecule has 1 aliphatic heterocycles. The van der Waals surface area contributed by atoms with Gasteiger partial charge in [0.25, 0.3) is 0 Å². The molecule has 94 valence electrons. The van der Waals surface area contributed by atoms with Gasteiger partial charge in [-0.2, -0.15) is 0 Å². The molecule has 0 amide bonds. The van der Waals surface area contributed by atoms with Gasteiger partial charge in [0, 0.05) is 19.7 Å². The van der Waals surface area contributed by atoms with Gasteiger partial charge in [0.1, 0.15) is 5.82 Å². The Bertz CT molecular complexity index is 384. The first-order chi connectivity index (χ1) is 8.18. The molecule has 3 N–H and O–H groups in total. The molecule has 2 unspecified atom stereocenters. The van der Waals surface area contributed by atoms with E-state index in [1.807, 2.05) is 6.07 Å². The number of anilines is 1. The summed E-state index contributed by atoms with van der Waals surface area (Å²) < 4.78 is 18.7. The van der Waals surface area contributed by atoms with Crippen molar-refractivity contribution in [2.45, 2.75) is 26.0 Å². The lowest BCUT2D eigenvalue weighted by Gasteiger charge is -2.15. The predicted molar refractivity (Wildman–Crippen MR) is 66.0 cm³/mol. The molecule has 2 rings (SSSR count). The molecule has 0 bridgehead atoms. The maximum atomic E-state index is 13.2. The summed E-state index contributed by atoms with van der Waals surface area (Å²) in [7, 11) is 0. The van der Waals surface area contributed by atoms with Gasteiger partial charge in [0.2, 0.25) is 0 Å². The molecule has 0 saturated carbocycles. The lowest BCUT2D eigenvalue weighted by molar-refractivity contribution is 0.105. The molecule has 1 aliphatic rings. The topological polar surface area (TPSA) is 47.3 Å². The van der Waals surface area contributed by atoms with Crippen molar-refractivity contribution < 1.29 is 9.13 Å². The monoisotopic (exact) mass is 238 g/mol. The molecule has 1 aromatic rings. The summed E-state index contributed by atoms with van der Waals surface area (Å²) in [6.07, 6.45) is 1.40. The van der Waals surface area contributed by atoms with E-state index >= 15 is 0 Å². The van der Waals surface area contributed by atoms with Crippen LogP contribution in [0.5, 0.6) is 0 Å². The summed E-state index contributed by atoms with van der Waals surface area (Å²) in [5, 5.41) is 3.32. The molecule has 0 aliphatic carbocycles. The normalized spacial score (nSPS) is 24.1. The van der Waals surface area contributed by atoms with E-state index in [4.69, 9.17) is 10.5 Å². The van der Waals surface area contributed by atoms with Gasteiger partial charge in [0.05, 0.1) is 11.8 Å². The average Bonchev–Trinajstić information content (AvgIpc) is 2.71. The van der Waals surface area contributed by atoms with Crippen molar-refractivity contribution in [3.8, 4) is 0 Å². The van der Waals surface area contributed by atoms with Crippen LogP contribution in [-0.4, -0.2) is 19.3 Å². The molecule has 4 heteroatoms. The molecule has 1 saturated heterocycles. The fraction of sp³-hybridized carbons (Fsp3) is 0.538.